The van der Waals surface area contributed by atoms with Gasteiger partial charge in [-0.05, 0) is 20.8 Å². The Bertz CT molecular complexity index is 111. The Kier molecular flexibility index (Phi) is 7.00. The van der Waals surface area contributed by atoms with Gasteiger partial charge in [-0.25, -0.2) is 0 Å². The van der Waals surface area contributed by atoms with Crippen molar-refractivity contribution in [1.82, 2.24) is 0 Å². The fourth-order valence-electron chi connectivity index (χ4n) is 0.569. The molecule has 1 rings (SSSR count). The summed E-state index contributed by atoms with van der Waals surface area (Å²) in [4.78, 5) is 9.56. The number of Topliss-reactive ketones (excluding diaryl/α,β-unsaturated/α-hetero) is 1. The molecule has 3 nitrogen and oxygen atoms in total. The quantitative estimate of drug-likeness (QED) is 0.609. The van der Waals surface area contributed by atoms with E-state index in [2.05, 4.69) is 0 Å². The lowest BCUT2D eigenvalue weighted by Gasteiger charge is -2.09. The molecule has 1 saturated carbocycles. The lowest BCUT2D eigenvalue weighted by Crippen LogP contribution is -2.11. The molecule has 1 aliphatic carbocycles. The zero-order valence-corrected chi connectivity index (χ0v) is 8.13. The average Bonchev–Trinajstić information content (AvgIpc) is 2.74. The van der Waals surface area contributed by atoms with Crippen molar-refractivity contribution < 1.29 is 14.3 Å². The van der Waals surface area contributed by atoms with Crippen LogP contribution in [0.3, 0.4) is 0 Å². The van der Waals surface area contributed by atoms with Crippen molar-refractivity contribution in [2.24, 2.45) is 0 Å². The molecule has 0 aromatic rings. The van der Waals surface area contributed by atoms with Gasteiger partial charge >= 0.3 is 0 Å². The van der Waals surface area contributed by atoms with Crippen LogP contribution >= 0.6 is 0 Å². The van der Waals surface area contributed by atoms with E-state index >= 15 is 0 Å². The predicted molar refractivity (Wildman–Crippen MR) is 47.0 cm³/mol. The van der Waals surface area contributed by atoms with Gasteiger partial charge in [0, 0.05) is 26.1 Å². The van der Waals surface area contributed by atoms with E-state index in [1.54, 1.807) is 0 Å². The summed E-state index contributed by atoms with van der Waals surface area (Å²) < 4.78 is 10.1. The van der Waals surface area contributed by atoms with Crippen molar-refractivity contribution in [3.05, 3.63) is 0 Å². The molecule has 0 aromatic carbocycles. The molecule has 72 valence electrons. The van der Waals surface area contributed by atoms with Gasteiger partial charge in [-0.3, -0.25) is 4.79 Å². The van der Waals surface area contributed by atoms with Crippen LogP contribution in [-0.2, 0) is 14.3 Å². The Labute approximate surface area is 74.0 Å². The number of carbonyl (C=O) groups excluding carboxylic acids is 1. The summed E-state index contributed by atoms with van der Waals surface area (Å²) in [5.74, 6) is 0.417. The third-order valence-corrected chi connectivity index (χ3v) is 1.26. The molecule has 0 aliphatic heterocycles. The summed E-state index contributed by atoms with van der Waals surface area (Å²) in [6.45, 7) is 7.25. The first-order chi connectivity index (χ1) is 5.70. The number of hydrogen-bond acceptors (Lipinski definition) is 3. The van der Waals surface area contributed by atoms with Crippen molar-refractivity contribution in [3.8, 4) is 0 Å². The lowest BCUT2D eigenvalue weighted by atomic mass is 10.7. The zero-order chi connectivity index (χ0) is 9.40. The van der Waals surface area contributed by atoms with E-state index < -0.39 is 0 Å². The minimum atomic E-state index is -0.0370. The first-order valence-corrected chi connectivity index (χ1v) is 4.45. The molecular formula is C9H18O3. The molecule has 0 spiro atoms. The Morgan fingerprint density at radius 3 is 1.75 bits per heavy atom. The highest BCUT2D eigenvalue weighted by atomic mass is 16.7. The van der Waals surface area contributed by atoms with Crippen LogP contribution in [-0.4, -0.2) is 25.3 Å². The van der Waals surface area contributed by atoms with Gasteiger partial charge < -0.3 is 9.47 Å². The van der Waals surface area contributed by atoms with Crippen LogP contribution in [0.1, 0.15) is 33.6 Å². The highest BCUT2D eigenvalue weighted by molar-refractivity contribution is 5.92. The van der Waals surface area contributed by atoms with Crippen molar-refractivity contribution in [2.75, 3.05) is 13.2 Å². The second kappa shape index (κ2) is 7.25. The van der Waals surface area contributed by atoms with E-state index in [1.165, 1.54) is 0 Å². The predicted octanol–water partition coefficient (Wildman–Crippen LogP) is 1.75. The van der Waals surface area contributed by atoms with Crippen LogP contribution in [0.5, 0.6) is 0 Å². The van der Waals surface area contributed by atoms with Crippen LogP contribution in [0.2, 0.25) is 0 Å². The fourth-order valence-corrected chi connectivity index (χ4v) is 0.569. The summed E-state index contributed by atoms with van der Waals surface area (Å²) in [6.07, 6.45) is 1.66. The molecule has 1 aliphatic rings. The van der Waals surface area contributed by atoms with Crippen LogP contribution in [0, 0.1) is 0 Å². The molecule has 1 fully saturated rings. The minimum Gasteiger partial charge on any atom is -0.353 e. The highest BCUT2D eigenvalue weighted by Gasteiger charge is 2.13. The molecular weight excluding hydrogens is 156 g/mol. The van der Waals surface area contributed by atoms with Gasteiger partial charge in [-0.1, -0.05) is 0 Å². The zero-order valence-electron chi connectivity index (χ0n) is 8.13. The van der Waals surface area contributed by atoms with E-state index in [1.807, 2.05) is 20.8 Å². The topological polar surface area (TPSA) is 35.5 Å². The first-order valence-electron chi connectivity index (χ1n) is 4.45. The van der Waals surface area contributed by atoms with E-state index in [0.717, 1.165) is 26.1 Å². The second-order valence-electron chi connectivity index (χ2n) is 2.52. The van der Waals surface area contributed by atoms with E-state index in [0.29, 0.717) is 5.78 Å². The summed E-state index contributed by atoms with van der Waals surface area (Å²) in [6, 6.07) is 0. The van der Waals surface area contributed by atoms with Crippen molar-refractivity contribution >= 4 is 5.78 Å². The maximum atomic E-state index is 9.56. The standard InChI is InChI=1S/C6H14O2.C3H4O/c1-4-7-6(3)8-5-2;4-3-1-2-3/h6H,4-5H2,1-3H3;1-2H2. The Morgan fingerprint density at radius 2 is 1.58 bits per heavy atom. The molecule has 0 radical (unpaired) electrons. The maximum absolute atomic E-state index is 9.56. The summed E-state index contributed by atoms with van der Waals surface area (Å²) in [5.41, 5.74) is 0. The smallest absolute Gasteiger partial charge is 0.154 e. The van der Waals surface area contributed by atoms with Crippen LogP contribution in [0.25, 0.3) is 0 Å². The second-order valence-corrected chi connectivity index (χ2v) is 2.52. The maximum Gasteiger partial charge on any atom is 0.154 e. The molecule has 0 heterocycles. The number of carbonyl (C=O) groups is 1. The molecule has 0 N–H and O–H groups in total. The Morgan fingerprint density at radius 1 is 1.25 bits per heavy atom. The molecule has 0 atom stereocenters. The molecule has 12 heavy (non-hydrogen) atoms. The van der Waals surface area contributed by atoms with Gasteiger partial charge in [-0.2, -0.15) is 0 Å². The molecule has 0 saturated heterocycles. The van der Waals surface area contributed by atoms with Gasteiger partial charge in [0.25, 0.3) is 0 Å². The van der Waals surface area contributed by atoms with Crippen molar-refractivity contribution in [3.63, 3.8) is 0 Å². The van der Waals surface area contributed by atoms with Crippen molar-refractivity contribution in [1.29, 1.82) is 0 Å². The molecule has 0 unspecified atom stereocenters. The van der Waals surface area contributed by atoms with Crippen LogP contribution in [0.15, 0.2) is 0 Å². The third-order valence-electron chi connectivity index (χ3n) is 1.26. The fraction of sp³-hybridized carbons (Fsp3) is 0.889. The molecule has 3 heteroatoms. The van der Waals surface area contributed by atoms with Crippen LogP contribution in [0.4, 0.5) is 0 Å². The van der Waals surface area contributed by atoms with Crippen molar-refractivity contribution in [2.45, 2.75) is 39.9 Å². The molecule has 0 amide bonds. The van der Waals surface area contributed by atoms with Gasteiger partial charge in [0.15, 0.2) is 6.29 Å². The van der Waals surface area contributed by atoms with Gasteiger partial charge in [-0.15, -0.1) is 0 Å². The van der Waals surface area contributed by atoms with Gasteiger partial charge in [0.2, 0.25) is 0 Å². The van der Waals surface area contributed by atoms with E-state index in [4.69, 9.17) is 9.47 Å². The number of ether oxygens (including phenoxy) is 2. The lowest BCUT2D eigenvalue weighted by molar-refractivity contribution is -0.123. The van der Waals surface area contributed by atoms with E-state index in [-0.39, 0.29) is 6.29 Å². The molecule has 0 bridgehead atoms. The molecule has 0 aromatic heterocycles. The largest absolute Gasteiger partial charge is 0.353 e. The van der Waals surface area contributed by atoms with Gasteiger partial charge in [0.05, 0.1) is 0 Å². The number of ketones is 1. The summed E-state index contributed by atoms with van der Waals surface area (Å²) >= 11 is 0. The monoisotopic (exact) mass is 174 g/mol. The highest BCUT2D eigenvalue weighted by Crippen LogP contribution is 2.08. The SMILES string of the molecule is CCOC(C)OCC.O=C1CC1. The summed E-state index contributed by atoms with van der Waals surface area (Å²) in [7, 11) is 0. The van der Waals surface area contributed by atoms with Gasteiger partial charge in [0.1, 0.15) is 5.78 Å². The van der Waals surface area contributed by atoms with Crippen LogP contribution < -0.4 is 0 Å². The normalized spacial score (nSPS) is 14.2. The Balaban J connectivity index is 0.000000247. The number of rotatable bonds is 4. The first kappa shape index (κ1) is 11.6. The Hall–Kier alpha value is -0.410. The minimum absolute atomic E-state index is 0.0370. The van der Waals surface area contributed by atoms with E-state index in [9.17, 15) is 4.79 Å². The average molecular weight is 174 g/mol. The summed E-state index contributed by atoms with van der Waals surface area (Å²) in [5, 5.41) is 0. The number of hydrogen-bond donors (Lipinski definition) is 0. The third kappa shape index (κ3) is 9.59.